The lowest BCUT2D eigenvalue weighted by atomic mass is 10.2. The molecule has 7 nitrogen and oxygen atoms in total. The van der Waals surface area contributed by atoms with Crippen LogP contribution in [0.4, 0.5) is 0 Å². The number of hydrogen-bond acceptors (Lipinski definition) is 7. The second-order valence-electron chi connectivity index (χ2n) is 6.67. The van der Waals surface area contributed by atoms with Crippen molar-refractivity contribution in [2.24, 2.45) is 5.92 Å². The molecule has 0 unspecified atom stereocenters. The van der Waals surface area contributed by atoms with Crippen LogP contribution in [0.15, 0.2) is 51.7 Å². The van der Waals surface area contributed by atoms with E-state index in [1.54, 1.807) is 32.9 Å². The molecule has 3 rings (SSSR count). The molecule has 1 heterocycles. The van der Waals surface area contributed by atoms with Gasteiger partial charge in [-0.3, -0.25) is 9.59 Å². The fraction of sp³-hybridized carbons (Fsp3) is 0.227. The molecule has 0 aliphatic rings. The Bertz CT molecular complexity index is 1120. The highest BCUT2D eigenvalue weighted by Crippen LogP contribution is 2.27. The molecule has 2 aromatic carbocycles. The smallest absolute Gasteiger partial charge is 0.337 e. The number of fused-ring (bicyclic) bond motifs is 1. The van der Waals surface area contributed by atoms with Crippen molar-refractivity contribution in [2.75, 3.05) is 7.11 Å². The van der Waals surface area contributed by atoms with E-state index in [0.29, 0.717) is 22.4 Å². The third kappa shape index (κ3) is 4.29. The Kier molecular flexibility index (Phi) is 5.68. The van der Waals surface area contributed by atoms with Gasteiger partial charge in [0.2, 0.25) is 11.2 Å². The summed E-state index contributed by atoms with van der Waals surface area (Å²) in [6.07, 6.45) is 0. The van der Waals surface area contributed by atoms with Crippen LogP contribution in [-0.2, 0) is 9.53 Å². The highest BCUT2D eigenvalue weighted by molar-refractivity contribution is 5.89. The minimum absolute atomic E-state index is 0.0373. The van der Waals surface area contributed by atoms with Crippen molar-refractivity contribution >= 4 is 22.9 Å². The summed E-state index contributed by atoms with van der Waals surface area (Å²) in [7, 11) is 1.30. The first-order valence-electron chi connectivity index (χ1n) is 8.95. The lowest BCUT2D eigenvalue weighted by Gasteiger charge is -2.10. The Balaban J connectivity index is 1.92. The molecule has 7 heteroatoms. The predicted octanol–water partition coefficient (Wildman–Crippen LogP) is 4.24. The molecule has 0 spiro atoms. The van der Waals surface area contributed by atoms with Crippen molar-refractivity contribution in [2.45, 2.75) is 20.8 Å². The van der Waals surface area contributed by atoms with Gasteiger partial charge in [0.05, 0.1) is 24.0 Å². The average Bonchev–Trinajstić information content (AvgIpc) is 2.70. The molecule has 0 N–H and O–H groups in total. The molecule has 29 heavy (non-hydrogen) atoms. The lowest BCUT2D eigenvalue weighted by molar-refractivity contribution is -0.137. The molecule has 1 aromatic heterocycles. The number of esters is 2. The second kappa shape index (κ2) is 8.18. The minimum Gasteiger partial charge on any atom is -0.465 e. The van der Waals surface area contributed by atoms with E-state index in [1.807, 2.05) is 0 Å². The fourth-order valence-electron chi connectivity index (χ4n) is 2.58. The van der Waals surface area contributed by atoms with Crippen molar-refractivity contribution in [3.8, 4) is 17.2 Å². The van der Waals surface area contributed by atoms with Crippen LogP contribution in [0, 0.1) is 12.8 Å². The molecular formula is C22H20O7. The Labute approximate surface area is 166 Å². The summed E-state index contributed by atoms with van der Waals surface area (Å²) in [5.41, 5.74) is 0.295. The van der Waals surface area contributed by atoms with E-state index in [1.165, 1.54) is 37.4 Å². The quantitative estimate of drug-likeness (QED) is 0.470. The maximum Gasteiger partial charge on any atom is 0.337 e. The van der Waals surface area contributed by atoms with E-state index < -0.39 is 5.97 Å². The summed E-state index contributed by atoms with van der Waals surface area (Å²) < 4.78 is 21.3. The van der Waals surface area contributed by atoms with Crippen molar-refractivity contribution in [3.63, 3.8) is 0 Å². The van der Waals surface area contributed by atoms with Crippen molar-refractivity contribution < 1.29 is 28.2 Å². The van der Waals surface area contributed by atoms with Crippen LogP contribution in [0.25, 0.3) is 11.0 Å². The van der Waals surface area contributed by atoms with Crippen molar-refractivity contribution in [1.82, 2.24) is 0 Å². The molecule has 0 radical (unpaired) electrons. The summed E-state index contributed by atoms with van der Waals surface area (Å²) in [4.78, 5) is 36.1. The Morgan fingerprint density at radius 1 is 1.00 bits per heavy atom. The number of hydrogen-bond donors (Lipinski definition) is 0. The topological polar surface area (TPSA) is 92.0 Å². The third-order valence-electron chi connectivity index (χ3n) is 4.17. The summed E-state index contributed by atoms with van der Waals surface area (Å²) in [6.45, 7) is 5.07. The van der Waals surface area contributed by atoms with Gasteiger partial charge < -0.3 is 18.6 Å². The average molecular weight is 396 g/mol. The minimum atomic E-state index is -0.466. The van der Waals surface area contributed by atoms with Gasteiger partial charge in [-0.15, -0.1) is 0 Å². The zero-order valence-electron chi connectivity index (χ0n) is 16.5. The van der Waals surface area contributed by atoms with E-state index in [4.69, 9.17) is 13.9 Å². The van der Waals surface area contributed by atoms with Crippen molar-refractivity contribution in [3.05, 3.63) is 64.0 Å². The molecule has 0 saturated heterocycles. The largest absolute Gasteiger partial charge is 0.465 e. The Morgan fingerprint density at radius 2 is 1.66 bits per heavy atom. The van der Waals surface area contributed by atoms with Gasteiger partial charge in [0.1, 0.15) is 22.8 Å². The number of carbonyl (C=O) groups excluding carboxylic acids is 2. The third-order valence-corrected chi connectivity index (χ3v) is 4.17. The molecule has 150 valence electrons. The summed E-state index contributed by atoms with van der Waals surface area (Å²) >= 11 is 0. The Hall–Kier alpha value is -3.61. The van der Waals surface area contributed by atoms with Gasteiger partial charge in [0.25, 0.3) is 0 Å². The van der Waals surface area contributed by atoms with Gasteiger partial charge in [0.15, 0.2) is 0 Å². The van der Waals surface area contributed by atoms with E-state index >= 15 is 0 Å². The number of rotatable bonds is 5. The molecule has 0 aliphatic heterocycles. The van der Waals surface area contributed by atoms with E-state index in [-0.39, 0.29) is 34.4 Å². The van der Waals surface area contributed by atoms with E-state index in [2.05, 4.69) is 4.74 Å². The first-order chi connectivity index (χ1) is 13.8. The van der Waals surface area contributed by atoms with Crippen molar-refractivity contribution in [1.29, 1.82) is 0 Å². The van der Waals surface area contributed by atoms with Crippen LogP contribution in [0.5, 0.6) is 17.2 Å². The van der Waals surface area contributed by atoms with Crippen LogP contribution in [0.1, 0.15) is 30.0 Å². The van der Waals surface area contributed by atoms with Crippen LogP contribution in [0.2, 0.25) is 0 Å². The zero-order valence-corrected chi connectivity index (χ0v) is 16.5. The number of aryl methyl sites for hydroxylation is 1. The van der Waals surface area contributed by atoms with Gasteiger partial charge in [0, 0.05) is 6.07 Å². The number of methoxy groups -OCH3 is 1. The SMILES string of the molecule is COC(=O)c1ccc(Oc2c(C)oc3cc(OC(=O)C(C)C)ccc3c2=O)cc1. The second-order valence-corrected chi connectivity index (χ2v) is 6.67. The van der Waals surface area contributed by atoms with Gasteiger partial charge >= 0.3 is 11.9 Å². The molecule has 0 fully saturated rings. The summed E-state index contributed by atoms with van der Waals surface area (Å²) in [5.74, 6) is -0.144. The molecule has 3 aromatic rings. The van der Waals surface area contributed by atoms with Crippen LogP contribution in [-0.4, -0.2) is 19.0 Å². The van der Waals surface area contributed by atoms with Crippen LogP contribution < -0.4 is 14.9 Å². The van der Waals surface area contributed by atoms with Gasteiger partial charge in [-0.2, -0.15) is 0 Å². The molecule has 0 amide bonds. The normalized spacial score (nSPS) is 10.8. The Morgan fingerprint density at radius 3 is 2.28 bits per heavy atom. The standard InChI is InChI=1S/C22H20O7/c1-12(2)21(24)29-16-9-10-17-18(11-16)27-13(3)20(19(17)23)28-15-7-5-14(6-8-15)22(25)26-4/h5-12H,1-4H3. The first-order valence-corrected chi connectivity index (χ1v) is 8.95. The molecule has 0 saturated carbocycles. The highest BCUT2D eigenvalue weighted by Gasteiger charge is 2.16. The van der Waals surface area contributed by atoms with Gasteiger partial charge in [-0.05, 0) is 43.3 Å². The molecule has 0 atom stereocenters. The first kappa shape index (κ1) is 20.1. The summed E-state index contributed by atoms with van der Waals surface area (Å²) in [6, 6.07) is 10.7. The number of ether oxygens (including phenoxy) is 3. The number of benzene rings is 2. The lowest BCUT2D eigenvalue weighted by Crippen LogP contribution is -2.15. The molecule has 0 aliphatic carbocycles. The van der Waals surface area contributed by atoms with Crippen LogP contribution >= 0.6 is 0 Å². The number of carbonyl (C=O) groups is 2. The maximum absolute atomic E-state index is 12.8. The van der Waals surface area contributed by atoms with Gasteiger partial charge in [-0.25, -0.2) is 4.79 Å². The van der Waals surface area contributed by atoms with E-state index in [0.717, 1.165) is 0 Å². The monoisotopic (exact) mass is 396 g/mol. The molecular weight excluding hydrogens is 376 g/mol. The fourth-order valence-corrected chi connectivity index (χ4v) is 2.58. The maximum atomic E-state index is 12.8. The van der Waals surface area contributed by atoms with Crippen LogP contribution in [0.3, 0.4) is 0 Å². The zero-order chi connectivity index (χ0) is 21.1. The van der Waals surface area contributed by atoms with E-state index in [9.17, 15) is 14.4 Å². The predicted molar refractivity (Wildman–Crippen MR) is 106 cm³/mol. The van der Waals surface area contributed by atoms with Gasteiger partial charge in [-0.1, -0.05) is 13.8 Å². The highest BCUT2D eigenvalue weighted by atomic mass is 16.5. The molecule has 0 bridgehead atoms. The summed E-state index contributed by atoms with van der Waals surface area (Å²) in [5, 5.41) is 0.293.